The monoisotopic (exact) mass is 413 g/mol. The van der Waals surface area contributed by atoms with Gasteiger partial charge in [-0.2, -0.15) is 0 Å². The molecule has 2 aliphatic rings. The van der Waals surface area contributed by atoms with E-state index in [0.29, 0.717) is 33.5 Å². The maximum Gasteiger partial charge on any atom is 0.336 e. The molecule has 0 N–H and O–H groups in total. The quantitative estimate of drug-likeness (QED) is 0.709. The number of carbonyl (C=O) groups is 2. The van der Waals surface area contributed by atoms with Crippen LogP contribution in [0.4, 0.5) is 5.69 Å². The zero-order chi connectivity index (χ0) is 20.7. The summed E-state index contributed by atoms with van der Waals surface area (Å²) in [6.45, 7) is 1.94. The molecule has 0 aromatic heterocycles. The average Bonchev–Trinajstić information content (AvgIpc) is 3.10. The Hall–Kier alpha value is -2.99. The van der Waals surface area contributed by atoms with Crippen molar-refractivity contribution in [2.45, 2.75) is 19.3 Å². The van der Waals surface area contributed by atoms with E-state index in [0.717, 1.165) is 11.1 Å². The first-order valence-corrected chi connectivity index (χ1v) is 9.53. The second-order valence-corrected chi connectivity index (χ2v) is 7.38. The molecule has 0 aliphatic carbocycles. The van der Waals surface area contributed by atoms with E-state index < -0.39 is 11.9 Å². The van der Waals surface area contributed by atoms with Gasteiger partial charge in [0.05, 0.1) is 31.2 Å². The van der Waals surface area contributed by atoms with E-state index >= 15 is 0 Å². The van der Waals surface area contributed by atoms with Gasteiger partial charge in [-0.1, -0.05) is 23.7 Å². The molecule has 2 aliphatic heterocycles. The number of amides is 1. The van der Waals surface area contributed by atoms with Crippen molar-refractivity contribution in [3.63, 3.8) is 0 Å². The highest BCUT2D eigenvalue weighted by Crippen LogP contribution is 2.44. The lowest BCUT2D eigenvalue weighted by Crippen LogP contribution is -2.37. The molecule has 0 spiro atoms. The summed E-state index contributed by atoms with van der Waals surface area (Å²) in [5.74, 6) is 0.179. The summed E-state index contributed by atoms with van der Waals surface area (Å²) < 4.78 is 16.0. The van der Waals surface area contributed by atoms with Crippen LogP contribution >= 0.6 is 11.6 Å². The Labute approximate surface area is 173 Å². The van der Waals surface area contributed by atoms with Gasteiger partial charge >= 0.3 is 5.97 Å². The zero-order valence-electron chi connectivity index (χ0n) is 16.3. The molecular weight excluding hydrogens is 394 g/mol. The highest BCUT2D eigenvalue weighted by atomic mass is 35.5. The van der Waals surface area contributed by atoms with E-state index in [-0.39, 0.29) is 18.9 Å². The van der Waals surface area contributed by atoms with Gasteiger partial charge in [0.1, 0.15) is 6.61 Å². The van der Waals surface area contributed by atoms with Gasteiger partial charge < -0.3 is 14.2 Å². The minimum Gasteiger partial charge on any atom is -0.493 e. The summed E-state index contributed by atoms with van der Waals surface area (Å²) in [6.07, 6.45) is 0.134. The van der Waals surface area contributed by atoms with Gasteiger partial charge in [-0.05, 0) is 42.3 Å². The van der Waals surface area contributed by atoms with Crippen molar-refractivity contribution in [2.75, 3.05) is 25.7 Å². The fourth-order valence-corrected chi connectivity index (χ4v) is 4.00. The normalized spacial score (nSPS) is 18.6. The molecule has 0 radical (unpaired) electrons. The summed E-state index contributed by atoms with van der Waals surface area (Å²) in [7, 11) is 3.10. The maximum absolute atomic E-state index is 13.1. The van der Waals surface area contributed by atoms with Crippen molar-refractivity contribution >= 4 is 29.2 Å². The molecule has 2 aromatic carbocycles. The van der Waals surface area contributed by atoms with Gasteiger partial charge in [-0.25, -0.2) is 4.79 Å². The standard InChI is InChI=1S/C22H20ClNO5/c1-12-4-6-14(9-16(12)23)24-17-11-29-22(26)21(17)15(10-20(24)25)13-5-7-18(27-2)19(8-13)28-3/h4-9,15H,10-11H2,1-3H3/t15-/m1/s1. The second-order valence-electron chi connectivity index (χ2n) is 6.97. The van der Waals surface area contributed by atoms with Crippen molar-refractivity contribution < 1.29 is 23.8 Å². The predicted molar refractivity (Wildman–Crippen MR) is 109 cm³/mol. The molecule has 0 saturated carbocycles. The first-order valence-electron chi connectivity index (χ1n) is 9.15. The number of rotatable bonds is 4. The van der Waals surface area contributed by atoms with E-state index in [4.69, 9.17) is 25.8 Å². The zero-order valence-corrected chi connectivity index (χ0v) is 17.1. The van der Waals surface area contributed by atoms with Crippen molar-refractivity contribution in [3.05, 3.63) is 63.8 Å². The Kier molecular flexibility index (Phi) is 4.96. The summed E-state index contributed by atoms with van der Waals surface area (Å²) in [6, 6.07) is 10.8. The van der Waals surface area contributed by atoms with E-state index in [1.807, 2.05) is 25.1 Å². The molecule has 29 heavy (non-hydrogen) atoms. The third-order valence-electron chi connectivity index (χ3n) is 5.34. The number of ether oxygens (including phenoxy) is 3. The van der Waals surface area contributed by atoms with Gasteiger partial charge in [0.25, 0.3) is 0 Å². The number of hydrogen-bond donors (Lipinski definition) is 0. The fourth-order valence-electron chi connectivity index (χ4n) is 3.83. The summed E-state index contributed by atoms with van der Waals surface area (Å²) in [5.41, 5.74) is 3.39. The molecule has 6 nitrogen and oxygen atoms in total. The van der Waals surface area contributed by atoms with Crippen LogP contribution in [0.5, 0.6) is 11.5 Å². The van der Waals surface area contributed by atoms with Crippen LogP contribution in [0.3, 0.4) is 0 Å². The third-order valence-corrected chi connectivity index (χ3v) is 5.75. The number of halogens is 1. The molecule has 0 unspecified atom stereocenters. The van der Waals surface area contributed by atoms with Gasteiger partial charge in [0, 0.05) is 17.4 Å². The Morgan fingerprint density at radius 2 is 1.83 bits per heavy atom. The van der Waals surface area contributed by atoms with E-state index in [9.17, 15) is 9.59 Å². The van der Waals surface area contributed by atoms with Crippen molar-refractivity contribution in [1.29, 1.82) is 0 Å². The Morgan fingerprint density at radius 1 is 1.07 bits per heavy atom. The molecule has 0 fully saturated rings. The van der Waals surface area contributed by atoms with Gasteiger partial charge in [-0.15, -0.1) is 0 Å². The molecule has 150 valence electrons. The van der Waals surface area contributed by atoms with Crippen LogP contribution in [0.1, 0.15) is 23.5 Å². The smallest absolute Gasteiger partial charge is 0.336 e. The SMILES string of the molecule is COc1ccc([C@H]2CC(=O)N(c3ccc(C)c(Cl)c3)C3=C2C(=O)OC3)cc1OC. The van der Waals surface area contributed by atoms with Crippen molar-refractivity contribution in [2.24, 2.45) is 0 Å². The van der Waals surface area contributed by atoms with Gasteiger partial charge in [-0.3, -0.25) is 9.69 Å². The molecular formula is C22H20ClNO5. The predicted octanol–water partition coefficient (Wildman–Crippen LogP) is 4.00. The molecule has 0 bridgehead atoms. The lowest BCUT2D eigenvalue weighted by Gasteiger charge is -2.32. The molecule has 7 heteroatoms. The molecule has 1 amide bonds. The molecule has 0 saturated heterocycles. The van der Waals surface area contributed by atoms with Crippen LogP contribution in [0.15, 0.2) is 47.7 Å². The van der Waals surface area contributed by atoms with Crippen molar-refractivity contribution in [3.8, 4) is 11.5 Å². The van der Waals surface area contributed by atoms with Crippen LogP contribution in [-0.2, 0) is 14.3 Å². The van der Waals surface area contributed by atoms with E-state index in [1.165, 1.54) is 0 Å². The van der Waals surface area contributed by atoms with Crippen LogP contribution in [0.2, 0.25) is 5.02 Å². The Morgan fingerprint density at radius 3 is 2.52 bits per heavy atom. The number of cyclic esters (lactones) is 1. The van der Waals surface area contributed by atoms with Crippen molar-refractivity contribution in [1.82, 2.24) is 0 Å². The molecule has 1 atom stereocenters. The molecule has 2 aromatic rings. The topological polar surface area (TPSA) is 65.1 Å². The number of benzene rings is 2. The number of hydrogen-bond acceptors (Lipinski definition) is 5. The minimum absolute atomic E-state index is 0.0508. The maximum atomic E-state index is 13.1. The van der Waals surface area contributed by atoms with Gasteiger partial charge in [0.2, 0.25) is 5.91 Å². The Balaban J connectivity index is 1.81. The summed E-state index contributed by atoms with van der Waals surface area (Å²) in [4.78, 5) is 27.2. The van der Waals surface area contributed by atoms with Gasteiger partial charge in [0.15, 0.2) is 11.5 Å². The number of methoxy groups -OCH3 is 2. The largest absolute Gasteiger partial charge is 0.493 e. The van der Waals surface area contributed by atoms with Crippen LogP contribution in [-0.4, -0.2) is 32.7 Å². The number of carbonyl (C=O) groups excluding carboxylic acids is 2. The molecule has 2 heterocycles. The fraction of sp³-hybridized carbons (Fsp3) is 0.273. The highest BCUT2D eigenvalue weighted by molar-refractivity contribution is 6.31. The van der Waals surface area contributed by atoms with E-state index in [1.54, 1.807) is 37.3 Å². The second kappa shape index (κ2) is 7.44. The number of anilines is 1. The molecule has 4 rings (SSSR count). The first-order chi connectivity index (χ1) is 13.9. The number of nitrogens with zero attached hydrogens (tertiary/aromatic N) is 1. The first kappa shape index (κ1) is 19.3. The highest BCUT2D eigenvalue weighted by Gasteiger charge is 2.43. The lowest BCUT2D eigenvalue weighted by atomic mass is 9.84. The van der Waals surface area contributed by atoms with E-state index in [2.05, 4.69) is 0 Å². The van der Waals surface area contributed by atoms with Crippen LogP contribution < -0.4 is 14.4 Å². The van der Waals surface area contributed by atoms with Crippen LogP contribution in [0.25, 0.3) is 0 Å². The minimum atomic E-state index is -0.413. The summed E-state index contributed by atoms with van der Waals surface area (Å²) >= 11 is 6.26. The lowest BCUT2D eigenvalue weighted by molar-refractivity contribution is -0.136. The number of esters is 1. The number of aryl methyl sites for hydroxylation is 1. The van der Waals surface area contributed by atoms with Crippen LogP contribution in [0, 0.1) is 6.92 Å². The average molecular weight is 414 g/mol. The third kappa shape index (κ3) is 3.23. The Bertz CT molecular complexity index is 1050. The summed E-state index contributed by atoms with van der Waals surface area (Å²) in [5, 5.41) is 0.560.